The topological polar surface area (TPSA) is 40.3 Å². The molecule has 1 aromatic rings. The van der Waals surface area contributed by atoms with Gasteiger partial charge in [-0.25, -0.2) is 0 Å². The predicted molar refractivity (Wildman–Crippen MR) is 59.7 cm³/mol. The third kappa shape index (κ3) is 3.34. The lowest BCUT2D eigenvalue weighted by Crippen LogP contribution is -2.44. The van der Waals surface area contributed by atoms with E-state index in [0.717, 1.165) is 32.8 Å². The number of nitrogens with one attached hydrogen (secondary N) is 2. The minimum Gasteiger partial charge on any atom is -0.374 e. The highest BCUT2D eigenvalue weighted by Crippen LogP contribution is 2.02. The van der Waals surface area contributed by atoms with E-state index in [4.69, 9.17) is 4.74 Å². The van der Waals surface area contributed by atoms with Crippen LogP contribution in [0.1, 0.15) is 5.56 Å². The molecule has 2 rings (SSSR count). The van der Waals surface area contributed by atoms with Gasteiger partial charge in [0.25, 0.3) is 0 Å². The summed E-state index contributed by atoms with van der Waals surface area (Å²) in [6, 6.07) is 2.08. The van der Waals surface area contributed by atoms with Crippen molar-refractivity contribution in [1.82, 2.24) is 15.2 Å². The highest BCUT2D eigenvalue weighted by atomic mass is 16.5. The maximum absolute atomic E-state index is 5.66. The Morgan fingerprint density at radius 2 is 2.60 bits per heavy atom. The van der Waals surface area contributed by atoms with Crippen molar-refractivity contribution in [3.05, 3.63) is 24.0 Å². The molecule has 4 nitrogen and oxygen atoms in total. The van der Waals surface area contributed by atoms with Gasteiger partial charge in [-0.05, 0) is 18.7 Å². The number of likely N-dealkylation sites (N-methyl/N-ethyl adjacent to an activating group) is 1. The molecule has 1 aromatic heterocycles. The Morgan fingerprint density at radius 3 is 3.33 bits per heavy atom. The van der Waals surface area contributed by atoms with Gasteiger partial charge in [0.2, 0.25) is 0 Å². The Morgan fingerprint density at radius 1 is 1.67 bits per heavy atom. The van der Waals surface area contributed by atoms with E-state index in [0.29, 0.717) is 6.10 Å². The molecule has 1 aliphatic heterocycles. The average molecular weight is 209 g/mol. The molecule has 84 valence electrons. The maximum atomic E-state index is 5.66. The molecule has 1 unspecified atom stereocenters. The maximum Gasteiger partial charge on any atom is 0.0826 e. The van der Waals surface area contributed by atoms with Crippen molar-refractivity contribution < 1.29 is 4.74 Å². The summed E-state index contributed by atoms with van der Waals surface area (Å²) >= 11 is 0. The second-order valence-electron chi connectivity index (χ2n) is 4.11. The fourth-order valence-corrected chi connectivity index (χ4v) is 1.84. The first-order valence-corrected chi connectivity index (χ1v) is 5.47. The molecule has 0 amide bonds. The lowest BCUT2D eigenvalue weighted by Gasteiger charge is -2.30. The number of H-pyrrole nitrogens is 1. The van der Waals surface area contributed by atoms with Crippen molar-refractivity contribution in [2.45, 2.75) is 12.6 Å². The minimum absolute atomic E-state index is 0.336. The summed E-state index contributed by atoms with van der Waals surface area (Å²) in [5.74, 6) is 0. The lowest BCUT2D eigenvalue weighted by molar-refractivity contribution is -0.0182. The minimum atomic E-state index is 0.336. The first-order chi connectivity index (χ1) is 7.34. The number of aromatic amines is 1. The lowest BCUT2D eigenvalue weighted by atomic mass is 10.2. The Labute approximate surface area is 90.6 Å². The van der Waals surface area contributed by atoms with Crippen LogP contribution in [0.4, 0.5) is 0 Å². The molecule has 1 saturated heterocycles. The monoisotopic (exact) mass is 209 g/mol. The molecule has 0 saturated carbocycles. The van der Waals surface area contributed by atoms with Gasteiger partial charge >= 0.3 is 0 Å². The number of hydrogen-bond acceptors (Lipinski definition) is 3. The number of morpholine rings is 1. The Bertz CT molecular complexity index is 273. The number of rotatable bonds is 4. The summed E-state index contributed by atoms with van der Waals surface area (Å²) in [6.07, 6.45) is 4.30. The fraction of sp³-hybridized carbons (Fsp3) is 0.636. The smallest absolute Gasteiger partial charge is 0.0826 e. The van der Waals surface area contributed by atoms with E-state index in [1.165, 1.54) is 5.56 Å². The first kappa shape index (κ1) is 10.7. The van der Waals surface area contributed by atoms with Crippen LogP contribution in [0.25, 0.3) is 0 Å². The van der Waals surface area contributed by atoms with Crippen LogP contribution in [0.15, 0.2) is 18.5 Å². The summed E-state index contributed by atoms with van der Waals surface area (Å²) < 4.78 is 5.66. The Kier molecular flexibility index (Phi) is 3.77. The zero-order chi connectivity index (χ0) is 10.5. The molecule has 0 aliphatic carbocycles. The van der Waals surface area contributed by atoms with Crippen molar-refractivity contribution in [2.24, 2.45) is 0 Å². The molecule has 1 aliphatic rings. The standard InChI is InChI=1S/C11H19N3O/c1-14-4-5-15-11(9-14)8-13-7-10-2-3-12-6-10/h2-3,6,11-13H,4-5,7-9H2,1H3. The van der Waals surface area contributed by atoms with Crippen molar-refractivity contribution in [2.75, 3.05) is 33.3 Å². The van der Waals surface area contributed by atoms with Gasteiger partial charge in [-0.3, -0.25) is 0 Å². The first-order valence-electron chi connectivity index (χ1n) is 5.47. The van der Waals surface area contributed by atoms with Gasteiger partial charge in [0, 0.05) is 38.6 Å². The fourth-order valence-electron chi connectivity index (χ4n) is 1.84. The van der Waals surface area contributed by atoms with E-state index in [1.54, 1.807) is 0 Å². The van der Waals surface area contributed by atoms with E-state index in [9.17, 15) is 0 Å². The Hall–Kier alpha value is -0.840. The zero-order valence-corrected chi connectivity index (χ0v) is 9.20. The van der Waals surface area contributed by atoms with Crippen molar-refractivity contribution in [1.29, 1.82) is 0 Å². The van der Waals surface area contributed by atoms with Gasteiger partial charge in [-0.2, -0.15) is 0 Å². The summed E-state index contributed by atoms with van der Waals surface area (Å²) in [7, 11) is 2.14. The highest BCUT2D eigenvalue weighted by Gasteiger charge is 2.16. The molecule has 1 fully saturated rings. The van der Waals surface area contributed by atoms with E-state index >= 15 is 0 Å². The predicted octanol–water partition coefficient (Wildman–Crippen LogP) is 0.435. The molecule has 4 heteroatoms. The van der Waals surface area contributed by atoms with Crippen LogP contribution in [-0.2, 0) is 11.3 Å². The summed E-state index contributed by atoms with van der Waals surface area (Å²) in [5.41, 5.74) is 1.29. The second-order valence-corrected chi connectivity index (χ2v) is 4.11. The van der Waals surface area contributed by atoms with E-state index in [2.05, 4.69) is 28.3 Å². The summed E-state index contributed by atoms with van der Waals surface area (Å²) in [4.78, 5) is 5.36. The van der Waals surface area contributed by atoms with Crippen LogP contribution in [0.3, 0.4) is 0 Å². The van der Waals surface area contributed by atoms with Crippen LogP contribution < -0.4 is 5.32 Å². The molecule has 15 heavy (non-hydrogen) atoms. The van der Waals surface area contributed by atoms with Gasteiger partial charge in [0.15, 0.2) is 0 Å². The van der Waals surface area contributed by atoms with Crippen molar-refractivity contribution >= 4 is 0 Å². The second kappa shape index (κ2) is 5.30. The third-order valence-electron chi connectivity index (χ3n) is 2.71. The number of aromatic nitrogens is 1. The van der Waals surface area contributed by atoms with Crippen LogP contribution >= 0.6 is 0 Å². The molecule has 0 bridgehead atoms. The summed E-state index contributed by atoms with van der Waals surface area (Å²) in [5, 5.41) is 3.41. The van der Waals surface area contributed by atoms with E-state index in [-0.39, 0.29) is 0 Å². The molecule has 0 aromatic carbocycles. The molecule has 1 atom stereocenters. The van der Waals surface area contributed by atoms with Crippen LogP contribution in [0, 0.1) is 0 Å². The molecule has 2 N–H and O–H groups in total. The molecular formula is C11H19N3O. The highest BCUT2D eigenvalue weighted by molar-refractivity contribution is 5.07. The van der Waals surface area contributed by atoms with Gasteiger partial charge in [-0.15, -0.1) is 0 Å². The van der Waals surface area contributed by atoms with Crippen molar-refractivity contribution in [3.8, 4) is 0 Å². The largest absolute Gasteiger partial charge is 0.374 e. The van der Waals surface area contributed by atoms with Gasteiger partial charge < -0.3 is 19.9 Å². The van der Waals surface area contributed by atoms with Crippen molar-refractivity contribution in [3.63, 3.8) is 0 Å². The molecule has 0 radical (unpaired) electrons. The number of hydrogen-bond donors (Lipinski definition) is 2. The number of nitrogens with zero attached hydrogens (tertiary/aromatic N) is 1. The van der Waals surface area contributed by atoms with E-state index < -0.39 is 0 Å². The van der Waals surface area contributed by atoms with Gasteiger partial charge in [-0.1, -0.05) is 0 Å². The van der Waals surface area contributed by atoms with E-state index in [1.807, 2.05) is 12.4 Å². The number of ether oxygens (including phenoxy) is 1. The van der Waals surface area contributed by atoms with Crippen LogP contribution in [-0.4, -0.2) is 49.3 Å². The van der Waals surface area contributed by atoms with Gasteiger partial charge in [0.05, 0.1) is 12.7 Å². The Balaban J connectivity index is 1.65. The molecule has 0 spiro atoms. The zero-order valence-electron chi connectivity index (χ0n) is 9.20. The third-order valence-corrected chi connectivity index (χ3v) is 2.71. The summed E-state index contributed by atoms with van der Waals surface area (Å²) in [6.45, 7) is 4.77. The van der Waals surface area contributed by atoms with Crippen LogP contribution in [0.2, 0.25) is 0 Å². The molecule has 2 heterocycles. The quantitative estimate of drug-likeness (QED) is 0.755. The normalized spacial score (nSPS) is 23.1. The molecular weight excluding hydrogens is 190 g/mol. The van der Waals surface area contributed by atoms with Gasteiger partial charge in [0.1, 0.15) is 0 Å². The SMILES string of the molecule is CN1CCOC(CNCc2cc[nH]c2)C1. The van der Waals surface area contributed by atoms with Crippen LogP contribution in [0.5, 0.6) is 0 Å². The average Bonchev–Trinajstić information content (AvgIpc) is 2.71.